The minimum absolute atomic E-state index is 0.000892. The van der Waals surface area contributed by atoms with Crippen molar-refractivity contribution in [3.8, 4) is 0 Å². The van der Waals surface area contributed by atoms with Gasteiger partial charge in [-0.05, 0) is 51.9 Å². The molecule has 1 N–H and O–H groups in total. The molecule has 342 valence electrons. The summed E-state index contributed by atoms with van der Waals surface area (Å²) in [6, 6.07) is 0. The third kappa shape index (κ3) is 44.1. The standard InChI is InChI=1S/C49H93O8P/c1-4-7-9-11-13-15-17-19-21-23-24-25-26-28-29-31-33-35-37-39-41-43-48(50)54-45-47(46-56-58(52,53)55-6-3)57-49(51)44-42-40-38-36-34-32-30-27-22-20-18-16-14-12-10-8-5-2/h14,16,20,22,47H,4-13,15,17-19,21,23-46H2,1-3H3,(H,52,53)/b16-14-,22-20-. The van der Waals surface area contributed by atoms with E-state index in [0.29, 0.717) is 12.8 Å². The van der Waals surface area contributed by atoms with Crippen LogP contribution in [0, 0.1) is 0 Å². The molecule has 9 heteroatoms. The van der Waals surface area contributed by atoms with Gasteiger partial charge < -0.3 is 14.4 Å². The van der Waals surface area contributed by atoms with E-state index >= 15 is 0 Å². The van der Waals surface area contributed by atoms with E-state index in [0.717, 1.165) is 51.4 Å². The molecule has 0 fully saturated rings. The number of carbonyl (C=O) groups excluding carboxylic acids is 2. The molecule has 0 saturated heterocycles. The summed E-state index contributed by atoms with van der Waals surface area (Å²) in [6.45, 7) is 5.49. The molecule has 0 aromatic rings. The maximum atomic E-state index is 12.6. The molecule has 0 aromatic heterocycles. The van der Waals surface area contributed by atoms with Crippen molar-refractivity contribution in [1.82, 2.24) is 0 Å². The summed E-state index contributed by atoms with van der Waals surface area (Å²) >= 11 is 0. The van der Waals surface area contributed by atoms with E-state index in [4.69, 9.17) is 18.5 Å². The van der Waals surface area contributed by atoms with Crippen molar-refractivity contribution < 1.29 is 37.6 Å². The number of allylic oxidation sites excluding steroid dienone is 4. The highest BCUT2D eigenvalue weighted by atomic mass is 31.2. The number of esters is 2. The van der Waals surface area contributed by atoms with Gasteiger partial charge in [0.1, 0.15) is 6.61 Å². The molecular weight excluding hydrogens is 748 g/mol. The van der Waals surface area contributed by atoms with Crippen LogP contribution in [0.5, 0.6) is 0 Å². The third-order valence-electron chi connectivity index (χ3n) is 10.8. The van der Waals surface area contributed by atoms with Gasteiger partial charge in [-0.25, -0.2) is 4.57 Å². The lowest BCUT2D eigenvalue weighted by Gasteiger charge is -2.19. The van der Waals surface area contributed by atoms with Gasteiger partial charge in [0.2, 0.25) is 0 Å². The Morgan fingerprint density at radius 2 is 0.828 bits per heavy atom. The molecule has 0 aromatic carbocycles. The second kappa shape index (κ2) is 45.1. The van der Waals surface area contributed by atoms with Crippen LogP contribution in [0.2, 0.25) is 0 Å². The van der Waals surface area contributed by atoms with Crippen molar-refractivity contribution in [2.45, 2.75) is 258 Å². The van der Waals surface area contributed by atoms with Crippen molar-refractivity contribution in [2.24, 2.45) is 0 Å². The molecule has 0 radical (unpaired) electrons. The van der Waals surface area contributed by atoms with Crippen LogP contribution < -0.4 is 0 Å². The van der Waals surface area contributed by atoms with E-state index < -0.39 is 26.5 Å². The van der Waals surface area contributed by atoms with Crippen LogP contribution in [0.1, 0.15) is 252 Å². The first kappa shape index (κ1) is 56.5. The van der Waals surface area contributed by atoms with Crippen LogP contribution in [0.3, 0.4) is 0 Å². The van der Waals surface area contributed by atoms with Crippen molar-refractivity contribution in [3.05, 3.63) is 24.3 Å². The summed E-state index contributed by atoms with van der Waals surface area (Å²) in [7, 11) is -4.28. The smallest absolute Gasteiger partial charge is 0.462 e. The van der Waals surface area contributed by atoms with Gasteiger partial charge in [-0.2, -0.15) is 0 Å². The average Bonchev–Trinajstić information content (AvgIpc) is 3.20. The Morgan fingerprint density at radius 3 is 1.26 bits per heavy atom. The Labute approximate surface area is 358 Å². The molecule has 0 aliphatic rings. The first-order valence-electron chi connectivity index (χ1n) is 24.6. The van der Waals surface area contributed by atoms with E-state index in [2.05, 4.69) is 38.2 Å². The lowest BCUT2D eigenvalue weighted by atomic mass is 10.0. The fraction of sp³-hybridized carbons (Fsp3) is 0.878. The quantitative estimate of drug-likeness (QED) is 0.0279. The molecule has 8 nitrogen and oxygen atoms in total. The van der Waals surface area contributed by atoms with Crippen LogP contribution in [-0.2, 0) is 32.7 Å². The highest BCUT2D eigenvalue weighted by Gasteiger charge is 2.25. The summed E-state index contributed by atoms with van der Waals surface area (Å²) in [4.78, 5) is 34.9. The lowest BCUT2D eigenvalue weighted by Crippen LogP contribution is -2.29. The van der Waals surface area contributed by atoms with Gasteiger partial charge in [-0.15, -0.1) is 0 Å². The Morgan fingerprint density at radius 1 is 0.466 bits per heavy atom. The fourth-order valence-corrected chi connectivity index (χ4v) is 7.89. The topological polar surface area (TPSA) is 108 Å². The Balaban J connectivity index is 3.97. The molecule has 2 unspecified atom stereocenters. The van der Waals surface area contributed by atoms with Gasteiger partial charge in [0, 0.05) is 12.8 Å². The number of phosphoric ester groups is 1. The van der Waals surface area contributed by atoms with E-state index in [-0.39, 0.29) is 25.6 Å². The maximum Gasteiger partial charge on any atom is 0.472 e. The van der Waals surface area contributed by atoms with Crippen LogP contribution in [-0.4, -0.2) is 42.8 Å². The van der Waals surface area contributed by atoms with Crippen molar-refractivity contribution in [2.75, 3.05) is 19.8 Å². The Kier molecular flexibility index (Phi) is 43.9. The van der Waals surface area contributed by atoms with E-state index in [1.807, 2.05) is 0 Å². The molecule has 0 heterocycles. The predicted octanol–water partition coefficient (Wildman–Crippen LogP) is 15.8. The van der Waals surface area contributed by atoms with Gasteiger partial charge in [-0.1, -0.05) is 212 Å². The van der Waals surface area contributed by atoms with Gasteiger partial charge >= 0.3 is 19.8 Å². The maximum absolute atomic E-state index is 12.6. The monoisotopic (exact) mass is 841 g/mol. The molecule has 0 bridgehead atoms. The number of unbranched alkanes of at least 4 members (excludes halogenated alkanes) is 30. The molecule has 0 aliphatic heterocycles. The van der Waals surface area contributed by atoms with E-state index in [9.17, 15) is 19.0 Å². The van der Waals surface area contributed by atoms with Crippen LogP contribution in [0.25, 0.3) is 0 Å². The third-order valence-corrected chi connectivity index (χ3v) is 11.8. The number of phosphoric acid groups is 1. The molecule has 2 atom stereocenters. The molecular formula is C49H93O8P. The van der Waals surface area contributed by atoms with Gasteiger partial charge in [0.05, 0.1) is 13.2 Å². The predicted molar refractivity (Wildman–Crippen MR) is 244 cm³/mol. The van der Waals surface area contributed by atoms with E-state index in [1.54, 1.807) is 6.92 Å². The number of hydrogen-bond acceptors (Lipinski definition) is 7. The first-order chi connectivity index (χ1) is 28.3. The van der Waals surface area contributed by atoms with Crippen molar-refractivity contribution in [1.29, 1.82) is 0 Å². The van der Waals surface area contributed by atoms with Crippen molar-refractivity contribution in [3.63, 3.8) is 0 Å². The molecule has 0 aliphatic carbocycles. The Bertz CT molecular complexity index is 999. The van der Waals surface area contributed by atoms with Gasteiger partial charge in [0.25, 0.3) is 0 Å². The molecule has 0 amide bonds. The van der Waals surface area contributed by atoms with Crippen LogP contribution >= 0.6 is 7.82 Å². The average molecular weight is 841 g/mol. The van der Waals surface area contributed by atoms with Gasteiger partial charge in [-0.3, -0.25) is 18.6 Å². The van der Waals surface area contributed by atoms with Crippen molar-refractivity contribution >= 4 is 19.8 Å². The summed E-state index contributed by atoms with van der Waals surface area (Å²) in [6.07, 6.45) is 50.9. The first-order valence-corrected chi connectivity index (χ1v) is 26.1. The SMILES string of the molecule is CCCCC/C=C\C/C=C\CCCCCCCCCC(=O)OC(COC(=O)CCCCCCCCCCCCCCCCCCCCCCC)COP(=O)(O)OCC. The second-order valence-electron chi connectivity index (χ2n) is 16.5. The minimum atomic E-state index is -4.28. The number of ether oxygens (including phenoxy) is 2. The molecule has 0 rings (SSSR count). The number of carbonyl (C=O) groups is 2. The largest absolute Gasteiger partial charge is 0.472 e. The van der Waals surface area contributed by atoms with Crippen LogP contribution in [0.4, 0.5) is 0 Å². The zero-order valence-corrected chi connectivity index (χ0v) is 39.1. The zero-order chi connectivity index (χ0) is 42.5. The lowest BCUT2D eigenvalue weighted by molar-refractivity contribution is -0.161. The van der Waals surface area contributed by atoms with Gasteiger partial charge in [0.15, 0.2) is 6.10 Å². The number of hydrogen-bond donors (Lipinski definition) is 1. The summed E-state index contributed by atoms with van der Waals surface area (Å²) < 4.78 is 32.8. The molecule has 0 spiro atoms. The van der Waals surface area contributed by atoms with Crippen LogP contribution in [0.15, 0.2) is 24.3 Å². The number of rotatable bonds is 46. The molecule has 0 saturated carbocycles. The summed E-state index contributed by atoms with van der Waals surface area (Å²) in [5.41, 5.74) is 0. The molecule has 58 heavy (non-hydrogen) atoms. The normalized spacial score (nSPS) is 13.4. The summed E-state index contributed by atoms with van der Waals surface area (Å²) in [5, 5.41) is 0. The fourth-order valence-electron chi connectivity index (χ4n) is 7.13. The highest BCUT2D eigenvalue weighted by Crippen LogP contribution is 2.43. The second-order valence-corrected chi connectivity index (χ2v) is 17.9. The zero-order valence-electron chi connectivity index (χ0n) is 38.2. The summed E-state index contributed by atoms with van der Waals surface area (Å²) in [5.74, 6) is -0.794. The highest BCUT2D eigenvalue weighted by molar-refractivity contribution is 7.47. The Hall–Kier alpha value is -1.47. The van der Waals surface area contributed by atoms with E-state index in [1.165, 1.54) is 161 Å². The minimum Gasteiger partial charge on any atom is -0.462 e.